The maximum atomic E-state index is 13.1. The number of unbranched alkanes of at least 4 members (excludes halogenated alkanes) is 1. The Balaban J connectivity index is 1.87. The van der Waals surface area contributed by atoms with E-state index >= 15 is 0 Å². The van der Waals surface area contributed by atoms with E-state index in [-0.39, 0.29) is 29.0 Å². The summed E-state index contributed by atoms with van der Waals surface area (Å²) in [5.41, 5.74) is 2.43. The van der Waals surface area contributed by atoms with Gasteiger partial charge in [-0.15, -0.1) is 0 Å². The average Bonchev–Trinajstić information content (AvgIpc) is 2.80. The van der Waals surface area contributed by atoms with Crippen molar-refractivity contribution in [2.45, 2.75) is 31.7 Å². The quantitative estimate of drug-likeness (QED) is 0.534. The summed E-state index contributed by atoms with van der Waals surface area (Å²) in [4.78, 5) is 27.5. The topological polar surface area (TPSA) is 51.5 Å². The second kappa shape index (κ2) is 9.21. The molecular formula is C26H28N2O3. The van der Waals surface area contributed by atoms with Crippen molar-refractivity contribution < 1.29 is 9.53 Å². The molecule has 0 saturated heterocycles. The van der Waals surface area contributed by atoms with E-state index in [9.17, 15) is 9.59 Å². The van der Waals surface area contributed by atoms with Crippen molar-refractivity contribution in [2.75, 3.05) is 20.2 Å². The molecule has 1 aliphatic heterocycles. The van der Waals surface area contributed by atoms with Gasteiger partial charge in [-0.25, -0.2) is 0 Å². The van der Waals surface area contributed by atoms with Gasteiger partial charge in [0.05, 0.1) is 12.6 Å². The number of likely N-dealkylation sites (N-methyl/N-ethyl adjacent to an activating group) is 1. The Labute approximate surface area is 182 Å². The molecule has 1 aliphatic rings. The highest BCUT2D eigenvalue weighted by atomic mass is 16.5. The zero-order valence-corrected chi connectivity index (χ0v) is 18.0. The van der Waals surface area contributed by atoms with Crippen molar-refractivity contribution in [2.24, 2.45) is 0 Å². The van der Waals surface area contributed by atoms with Gasteiger partial charge in [0.25, 0.3) is 5.91 Å². The summed E-state index contributed by atoms with van der Waals surface area (Å²) in [6.45, 7) is 3.03. The molecule has 5 nitrogen and oxygen atoms in total. The SMILES string of the molecule is CCCCOc1c2n(ccc1=O)[C@@H](C(c1ccccc1)c1ccccc1)CN(C)C2=O. The van der Waals surface area contributed by atoms with E-state index in [1.54, 1.807) is 18.1 Å². The van der Waals surface area contributed by atoms with E-state index in [4.69, 9.17) is 4.74 Å². The third-order valence-corrected chi connectivity index (χ3v) is 5.90. The van der Waals surface area contributed by atoms with Gasteiger partial charge < -0.3 is 14.2 Å². The molecule has 1 amide bonds. The summed E-state index contributed by atoms with van der Waals surface area (Å²) in [6.07, 6.45) is 3.54. The molecule has 160 valence electrons. The molecule has 2 heterocycles. The highest BCUT2D eigenvalue weighted by Gasteiger charge is 2.37. The van der Waals surface area contributed by atoms with Crippen molar-refractivity contribution in [3.8, 4) is 5.75 Å². The van der Waals surface area contributed by atoms with E-state index in [0.29, 0.717) is 18.8 Å². The Hall–Kier alpha value is -3.34. The van der Waals surface area contributed by atoms with Gasteiger partial charge in [0.2, 0.25) is 5.43 Å². The molecule has 2 aromatic carbocycles. The number of aromatic nitrogens is 1. The van der Waals surface area contributed by atoms with Crippen LogP contribution in [0, 0.1) is 0 Å². The van der Waals surface area contributed by atoms with Gasteiger partial charge in [-0.1, -0.05) is 74.0 Å². The standard InChI is InChI=1S/C26H28N2O3/c1-3-4-17-31-25-22(29)15-16-28-21(18-27(2)26(30)24(25)28)23(19-11-7-5-8-12-19)20-13-9-6-10-14-20/h5-16,21,23H,3-4,17-18H2,1-2H3/t21-/m1/s1. The Bertz CT molecular complexity index is 1050. The van der Waals surface area contributed by atoms with E-state index in [0.717, 1.165) is 12.8 Å². The minimum atomic E-state index is -0.249. The number of ether oxygens (including phenoxy) is 1. The normalized spacial score (nSPS) is 15.8. The molecule has 0 aliphatic carbocycles. The Kier molecular flexibility index (Phi) is 6.21. The van der Waals surface area contributed by atoms with Gasteiger partial charge in [0.15, 0.2) is 11.4 Å². The minimum Gasteiger partial charge on any atom is -0.487 e. The summed E-state index contributed by atoms with van der Waals surface area (Å²) in [5.74, 6) is 0.000360. The van der Waals surface area contributed by atoms with Crippen molar-refractivity contribution in [1.29, 1.82) is 0 Å². The number of benzene rings is 2. The smallest absolute Gasteiger partial charge is 0.274 e. The summed E-state index contributed by atoms with van der Waals surface area (Å²) >= 11 is 0. The molecule has 0 spiro atoms. The monoisotopic (exact) mass is 416 g/mol. The van der Waals surface area contributed by atoms with E-state index < -0.39 is 0 Å². The van der Waals surface area contributed by atoms with Crippen LogP contribution in [0.5, 0.6) is 5.75 Å². The predicted octanol–water partition coefficient (Wildman–Crippen LogP) is 4.49. The lowest BCUT2D eigenvalue weighted by molar-refractivity contribution is 0.0698. The van der Waals surface area contributed by atoms with Gasteiger partial charge in [0, 0.05) is 31.8 Å². The Morgan fingerprint density at radius 2 is 1.58 bits per heavy atom. The summed E-state index contributed by atoms with van der Waals surface area (Å²) in [5, 5.41) is 0. The average molecular weight is 417 g/mol. The van der Waals surface area contributed by atoms with Gasteiger partial charge in [-0.05, 0) is 17.5 Å². The molecule has 3 aromatic rings. The van der Waals surface area contributed by atoms with Gasteiger partial charge >= 0.3 is 0 Å². The van der Waals surface area contributed by atoms with E-state index in [2.05, 4.69) is 31.2 Å². The zero-order chi connectivity index (χ0) is 21.8. The summed E-state index contributed by atoms with van der Waals surface area (Å²) < 4.78 is 7.81. The van der Waals surface area contributed by atoms with E-state index in [1.165, 1.54) is 17.2 Å². The zero-order valence-electron chi connectivity index (χ0n) is 18.0. The molecule has 5 heteroatoms. The highest BCUT2D eigenvalue weighted by Crippen LogP contribution is 2.39. The number of carbonyl (C=O) groups excluding carboxylic acids is 1. The third kappa shape index (κ3) is 4.13. The van der Waals surface area contributed by atoms with Crippen LogP contribution in [0.3, 0.4) is 0 Å². The van der Waals surface area contributed by atoms with Crippen LogP contribution in [0.25, 0.3) is 0 Å². The third-order valence-electron chi connectivity index (χ3n) is 5.90. The summed E-state index contributed by atoms with van der Waals surface area (Å²) in [6, 6.07) is 22.1. The number of fused-ring (bicyclic) bond motifs is 1. The van der Waals surface area contributed by atoms with Crippen LogP contribution in [0.4, 0.5) is 0 Å². The first kappa shape index (κ1) is 20.9. The van der Waals surface area contributed by atoms with Crippen LogP contribution >= 0.6 is 0 Å². The number of hydrogen-bond acceptors (Lipinski definition) is 3. The number of amides is 1. The van der Waals surface area contributed by atoms with Crippen molar-refractivity contribution >= 4 is 5.91 Å². The fraction of sp³-hybridized carbons (Fsp3) is 0.308. The van der Waals surface area contributed by atoms with Crippen LogP contribution < -0.4 is 10.2 Å². The molecule has 1 atom stereocenters. The molecule has 0 saturated carbocycles. The van der Waals surface area contributed by atoms with E-state index in [1.807, 2.05) is 41.0 Å². The van der Waals surface area contributed by atoms with Crippen LogP contribution in [0.1, 0.15) is 53.3 Å². The lowest BCUT2D eigenvalue weighted by Gasteiger charge is -2.39. The first-order valence-corrected chi connectivity index (χ1v) is 10.8. The first-order chi connectivity index (χ1) is 15.1. The summed E-state index contributed by atoms with van der Waals surface area (Å²) in [7, 11) is 1.79. The maximum absolute atomic E-state index is 13.1. The Morgan fingerprint density at radius 1 is 0.968 bits per heavy atom. The number of pyridine rings is 1. The molecule has 0 N–H and O–H groups in total. The molecule has 4 rings (SSSR count). The van der Waals surface area contributed by atoms with Crippen LogP contribution in [-0.2, 0) is 0 Å². The second-order valence-electron chi connectivity index (χ2n) is 8.02. The lowest BCUT2D eigenvalue weighted by Crippen LogP contribution is -2.44. The van der Waals surface area contributed by atoms with Crippen LogP contribution in [0.15, 0.2) is 77.7 Å². The highest BCUT2D eigenvalue weighted by molar-refractivity contribution is 5.96. The largest absolute Gasteiger partial charge is 0.487 e. The van der Waals surface area contributed by atoms with Crippen molar-refractivity contribution in [3.05, 3.63) is 100.0 Å². The number of hydrogen-bond donors (Lipinski definition) is 0. The van der Waals surface area contributed by atoms with Gasteiger partial charge in [-0.3, -0.25) is 9.59 Å². The fourth-order valence-corrected chi connectivity index (χ4v) is 4.33. The predicted molar refractivity (Wildman–Crippen MR) is 122 cm³/mol. The molecule has 0 fully saturated rings. The lowest BCUT2D eigenvalue weighted by atomic mass is 9.83. The van der Waals surface area contributed by atoms with Crippen LogP contribution in [-0.4, -0.2) is 35.6 Å². The Morgan fingerprint density at radius 3 is 2.16 bits per heavy atom. The van der Waals surface area contributed by atoms with Crippen molar-refractivity contribution in [1.82, 2.24) is 9.47 Å². The van der Waals surface area contributed by atoms with Crippen LogP contribution in [0.2, 0.25) is 0 Å². The second-order valence-corrected chi connectivity index (χ2v) is 8.02. The number of carbonyl (C=O) groups is 1. The minimum absolute atomic E-state index is 0.0164. The molecule has 0 unspecified atom stereocenters. The molecule has 0 bridgehead atoms. The molecular weight excluding hydrogens is 388 g/mol. The molecule has 1 aromatic heterocycles. The van der Waals surface area contributed by atoms with Gasteiger partial charge in [-0.2, -0.15) is 0 Å². The maximum Gasteiger partial charge on any atom is 0.274 e. The number of rotatable bonds is 7. The molecule has 31 heavy (non-hydrogen) atoms. The van der Waals surface area contributed by atoms with Gasteiger partial charge in [0.1, 0.15) is 0 Å². The number of nitrogens with zero attached hydrogens (tertiary/aromatic N) is 2. The molecule has 0 radical (unpaired) electrons. The first-order valence-electron chi connectivity index (χ1n) is 10.8. The fourth-order valence-electron chi connectivity index (χ4n) is 4.33. The van der Waals surface area contributed by atoms with Crippen molar-refractivity contribution in [3.63, 3.8) is 0 Å².